The van der Waals surface area contributed by atoms with Crippen molar-refractivity contribution in [2.45, 2.75) is 11.8 Å². The normalized spacial score (nSPS) is 11.8. The highest BCUT2D eigenvalue weighted by molar-refractivity contribution is 7.90. The number of aryl methyl sites for hydroxylation is 1. The molecule has 0 unspecified atom stereocenters. The van der Waals surface area contributed by atoms with Crippen LogP contribution in [0.2, 0.25) is 0 Å². The number of benzene rings is 7. The lowest BCUT2D eigenvalue weighted by atomic mass is 10.00. The maximum Gasteiger partial charge on any atom is 0.268 e. The minimum Gasteiger partial charge on any atom is -0.296 e. The van der Waals surface area contributed by atoms with Gasteiger partial charge in [-0.25, -0.2) is 36.7 Å². The van der Waals surface area contributed by atoms with E-state index in [4.69, 9.17) is 15.0 Å². The second kappa shape index (κ2) is 13.5. The zero-order valence-corrected chi connectivity index (χ0v) is 31.3. The Hall–Kier alpha value is -7.30. The standard InChI is InChI=1S/C47H31FN6O2S/c1-30-22-25-34(26-23-30)57(55,56)54-42-28-33(47-51-45(31-12-4-2-5-13-31)50-46(52-47)32-14-6-3-7-15-32)24-27-36(42)38-18-10-17-37(43(38)54)35-16-8-9-21-41(35)53-29-49-40-20-11-19-39(48)44(40)53/h2-29H,1H3. The van der Waals surface area contributed by atoms with E-state index in [1.54, 1.807) is 47.3 Å². The van der Waals surface area contributed by atoms with E-state index in [2.05, 4.69) is 4.98 Å². The molecule has 10 rings (SSSR count). The first kappa shape index (κ1) is 34.2. The van der Waals surface area contributed by atoms with Crippen LogP contribution in [0.25, 0.3) is 83.8 Å². The Bertz CT molecular complexity index is 3210. The summed E-state index contributed by atoms with van der Waals surface area (Å²) in [6.45, 7) is 1.92. The van der Waals surface area contributed by atoms with Gasteiger partial charge in [0.15, 0.2) is 17.5 Å². The van der Waals surface area contributed by atoms with Gasteiger partial charge in [-0.3, -0.25) is 4.57 Å². The summed E-state index contributed by atoms with van der Waals surface area (Å²) in [5, 5.41) is 1.45. The van der Waals surface area contributed by atoms with Crippen LogP contribution < -0.4 is 0 Å². The van der Waals surface area contributed by atoms with Gasteiger partial charge >= 0.3 is 0 Å². The van der Waals surface area contributed by atoms with Gasteiger partial charge in [0.05, 0.1) is 27.1 Å². The molecule has 7 aromatic carbocycles. The minimum absolute atomic E-state index is 0.140. The Morgan fingerprint density at radius 3 is 1.86 bits per heavy atom. The Balaban J connectivity index is 1.26. The molecule has 0 saturated carbocycles. The third-order valence-corrected chi connectivity index (χ3v) is 12.0. The van der Waals surface area contributed by atoms with E-state index in [1.165, 1.54) is 10.0 Å². The van der Waals surface area contributed by atoms with E-state index in [0.717, 1.165) is 27.5 Å². The molecule has 274 valence electrons. The van der Waals surface area contributed by atoms with E-state index in [-0.39, 0.29) is 4.90 Å². The third kappa shape index (κ3) is 5.77. The number of rotatable bonds is 7. The van der Waals surface area contributed by atoms with Crippen LogP contribution in [0.1, 0.15) is 5.56 Å². The van der Waals surface area contributed by atoms with Crippen LogP contribution in [0.4, 0.5) is 4.39 Å². The van der Waals surface area contributed by atoms with Gasteiger partial charge in [0.1, 0.15) is 17.7 Å². The number of imidazole rings is 1. The van der Waals surface area contributed by atoms with Crippen LogP contribution in [0.15, 0.2) is 175 Å². The number of aromatic nitrogens is 6. The summed E-state index contributed by atoms with van der Waals surface area (Å²) in [4.78, 5) is 19.3. The van der Waals surface area contributed by atoms with Gasteiger partial charge in [0.2, 0.25) is 0 Å². The van der Waals surface area contributed by atoms with Crippen molar-refractivity contribution in [1.29, 1.82) is 0 Å². The molecule has 0 aliphatic carbocycles. The van der Waals surface area contributed by atoms with E-state index in [9.17, 15) is 0 Å². The SMILES string of the molecule is Cc1ccc(S(=O)(=O)n2c3cc(-c4nc(-c5ccccc5)nc(-c5ccccc5)n4)ccc3c3cccc(-c4ccccc4-n4cnc5cccc(F)c54)c32)cc1. The molecule has 8 nitrogen and oxygen atoms in total. The summed E-state index contributed by atoms with van der Waals surface area (Å²) >= 11 is 0. The van der Waals surface area contributed by atoms with Crippen molar-refractivity contribution in [1.82, 2.24) is 28.5 Å². The Kier molecular flexibility index (Phi) is 8.08. The van der Waals surface area contributed by atoms with Crippen LogP contribution in [0.5, 0.6) is 0 Å². The summed E-state index contributed by atoms with van der Waals surface area (Å²) < 4.78 is 48.8. The summed E-state index contributed by atoms with van der Waals surface area (Å²) in [7, 11) is -4.22. The highest BCUT2D eigenvalue weighted by Gasteiger charge is 2.27. The summed E-state index contributed by atoms with van der Waals surface area (Å²) in [6.07, 6.45) is 1.60. The van der Waals surface area contributed by atoms with Crippen molar-refractivity contribution < 1.29 is 12.8 Å². The van der Waals surface area contributed by atoms with E-state index < -0.39 is 15.8 Å². The highest BCUT2D eigenvalue weighted by Crippen LogP contribution is 2.42. The molecule has 0 aliphatic rings. The predicted molar refractivity (Wildman–Crippen MR) is 223 cm³/mol. The number of nitrogens with zero attached hydrogens (tertiary/aromatic N) is 6. The molecule has 3 aromatic heterocycles. The molecular weight excluding hydrogens is 732 g/mol. The van der Waals surface area contributed by atoms with Gasteiger partial charge in [-0.15, -0.1) is 0 Å². The molecule has 0 atom stereocenters. The largest absolute Gasteiger partial charge is 0.296 e. The zero-order valence-electron chi connectivity index (χ0n) is 30.5. The summed E-state index contributed by atoms with van der Waals surface area (Å²) in [5.41, 5.74) is 6.97. The number of hydrogen-bond donors (Lipinski definition) is 0. The number of hydrogen-bond acceptors (Lipinski definition) is 6. The van der Waals surface area contributed by atoms with Gasteiger partial charge in [0, 0.05) is 38.6 Å². The Morgan fingerprint density at radius 1 is 0.544 bits per heavy atom. The minimum atomic E-state index is -4.22. The molecule has 0 spiro atoms. The third-order valence-electron chi connectivity index (χ3n) is 10.2. The molecule has 10 aromatic rings. The fourth-order valence-electron chi connectivity index (χ4n) is 7.51. The number of halogens is 1. The van der Waals surface area contributed by atoms with Crippen molar-refractivity contribution in [3.05, 3.63) is 181 Å². The monoisotopic (exact) mass is 762 g/mol. The lowest BCUT2D eigenvalue weighted by Crippen LogP contribution is -2.13. The van der Waals surface area contributed by atoms with E-state index >= 15 is 12.8 Å². The molecule has 57 heavy (non-hydrogen) atoms. The number of fused-ring (bicyclic) bond motifs is 4. The Morgan fingerprint density at radius 2 is 1.16 bits per heavy atom. The topological polar surface area (TPSA) is 95.6 Å². The van der Waals surface area contributed by atoms with Gasteiger partial charge in [0.25, 0.3) is 10.0 Å². The average Bonchev–Trinajstić information content (AvgIpc) is 3.85. The maximum atomic E-state index is 15.4. The van der Waals surface area contributed by atoms with Crippen molar-refractivity contribution >= 4 is 42.9 Å². The summed E-state index contributed by atoms with van der Waals surface area (Å²) in [5.74, 6) is 0.976. The quantitative estimate of drug-likeness (QED) is 0.160. The van der Waals surface area contributed by atoms with Gasteiger partial charge < -0.3 is 0 Å². The van der Waals surface area contributed by atoms with E-state index in [0.29, 0.717) is 61.9 Å². The van der Waals surface area contributed by atoms with Crippen molar-refractivity contribution in [2.75, 3.05) is 0 Å². The van der Waals surface area contributed by atoms with Crippen molar-refractivity contribution in [3.8, 4) is 51.0 Å². The Labute approximate surface area is 327 Å². The van der Waals surface area contributed by atoms with Gasteiger partial charge in [-0.2, -0.15) is 0 Å². The molecule has 0 amide bonds. The fraction of sp³-hybridized carbons (Fsp3) is 0.0213. The fourth-order valence-corrected chi connectivity index (χ4v) is 9.04. The van der Waals surface area contributed by atoms with Crippen molar-refractivity contribution in [2.24, 2.45) is 0 Å². The average molecular weight is 763 g/mol. The zero-order chi connectivity index (χ0) is 38.7. The summed E-state index contributed by atoms with van der Waals surface area (Å²) in [6, 6.07) is 50.1. The second-order valence-corrected chi connectivity index (χ2v) is 15.6. The lowest BCUT2D eigenvalue weighted by Gasteiger charge is -2.16. The second-order valence-electron chi connectivity index (χ2n) is 13.8. The predicted octanol–water partition coefficient (Wildman–Crippen LogP) is 10.7. The number of para-hydroxylation sites is 3. The van der Waals surface area contributed by atoms with E-state index in [1.807, 2.05) is 128 Å². The smallest absolute Gasteiger partial charge is 0.268 e. The molecule has 10 heteroatoms. The molecule has 0 radical (unpaired) electrons. The molecule has 0 N–H and O–H groups in total. The highest BCUT2D eigenvalue weighted by atomic mass is 32.2. The molecular formula is C47H31FN6O2S. The first-order chi connectivity index (χ1) is 27.8. The van der Waals surface area contributed by atoms with Gasteiger partial charge in [-0.1, -0.05) is 133 Å². The van der Waals surface area contributed by atoms with Crippen LogP contribution >= 0.6 is 0 Å². The molecule has 3 heterocycles. The molecule has 0 fully saturated rings. The molecule has 0 bridgehead atoms. The first-order valence-corrected chi connectivity index (χ1v) is 19.8. The van der Waals surface area contributed by atoms with Gasteiger partial charge in [-0.05, 0) is 43.3 Å². The van der Waals surface area contributed by atoms with Crippen LogP contribution in [0, 0.1) is 12.7 Å². The van der Waals surface area contributed by atoms with Crippen molar-refractivity contribution in [3.63, 3.8) is 0 Å². The lowest BCUT2D eigenvalue weighted by molar-refractivity contribution is 0.590. The molecule has 0 saturated heterocycles. The van der Waals surface area contributed by atoms with Crippen LogP contribution in [-0.2, 0) is 10.0 Å². The van der Waals surface area contributed by atoms with Crippen LogP contribution in [0.3, 0.4) is 0 Å². The first-order valence-electron chi connectivity index (χ1n) is 18.3. The maximum absolute atomic E-state index is 15.4. The van der Waals surface area contributed by atoms with Crippen LogP contribution in [-0.4, -0.2) is 36.9 Å². The molecule has 0 aliphatic heterocycles.